The lowest BCUT2D eigenvalue weighted by atomic mass is 10.1. The van der Waals surface area contributed by atoms with Gasteiger partial charge in [0, 0.05) is 16.8 Å². The molecule has 158 valence electrons. The van der Waals surface area contributed by atoms with E-state index in [1.54, 1.807) is 48.5 Å². The number of carbonyl (C=O) groups is 3. The van der Waals surface area contributed by atoms with Gasteiger partial charge in [0.2, 0.25) is 0 Å². The highest BCUT2D eigenvalue weighted by molar-refractivity contribution is 6.04. The highest BCUT2D eigenvalue weighted by Gasteiger charge is 2.10. The van der Waals surface area contributed by atoms with Crippen molar-refractivity contribution in [3.8, 4) is 5.75 Å². The number of hydrogen-bond donors (Lipinski definition) is 3. The summed E-state index contributed by atoms with van der Waals surface area (Å²) in [5.41, 5.74) is 1.91. The van der Waals surface area contributed by atoms with Gasteiger partial charge in [0.25, 0.3) is 11.8 Å². The average molecular weight is 422 g/mol. The number of carboxylic acid groups (broad SMARTS) is 1. The highest BCUT2D eigenvalue weighted by Crippen LogP contribution is 2.17. The van der Waals surface area contributed by atoms with Crippen LogP contribution < -0.4 is 15.4 Å². The molecule has 0 aliphatic carbocycles. The van der Waals surface area contributed by atoms with Crippen molar-refractivity contribution in [1.29, 1.82) is 0 Å². The zero-order valence-electron chi connectivity index (χ0n) is 16.3. The van der Waals surface area contributed by atoms with Gasteiger partial charge in [-0.3, -0.25) is 14.4 Å². The Morgan fingerprint density at radius 1 is 0.871 bits per heavy atom. The van der Waals surface area contributed by atoms with Crippen LogP contribution in [0.2, 0.25) is 0 Å². The van der Waals surface area contributed by atoms with Gasteiger partial charge in [0.05, 0.1) is 0 Å². The van der Waals surface area contributed by atoms with Gasteiger partial charge in [-0.15, -0.1) is 0 Å². The van der Waals surface area contributed by atoms with Crippen LogP contribution in [0.5, 0.6) is 5.75 Å². The first-order chi connectivity index (χ1) is 14.9. The van der Waals surface area contributed by atoms with Gasteiger partial charge in [-0.1, -0.05) is 18.2 Å². The van der Waals surface area contributed by atoms with Crippen molar-refractivity contribution in [3.05, 3.63) is 95.3 Å². The fourth-order valence-electron chi connectivity index (χ4n) is 2.64. The zero-order valence-corrected chi connectivity index (χ0v) is 16.3. The minimum Gasteiger partial charge on any atom is -0.489 e. The summed E-state index contributed by atoms with van der Waals surface area (Å²) >= 11 is 0. The Balaban J connectivity index is 1.58. The first-order valence-electron chi connectivity index (χ1n) is 9.29. The van der Waals surface area contributed by atoms with Crippen molar-refractivity contribution in [2.45, 2.75) is 6.61 Å². The molecule has 3 aromatic rings. The lowest BCUT2D eigenvalue weighted by molar-refractivity contribution is -0.135. The number of carbonyl (C=O) groups excluding carboxylic acids is 2. The molecule has 0 aromatic heterocycles. The van der Waals surface area contributed by atoms with Gasteiger partial charge >= 0.3 is 5.97 Å². The number of carboxylic acids is 1. The van der Waals surface area contributed by atoms with Gasteiger partial charge in [0.1, 0.15) is 24.7 Å². The van der Waals surface area contributed by atoms with Crippen molar-refractivity contribution in [1.82, 2.24) is 5.32 Å². The largest absolute Gasteiger partial charge is 0.489 e. The van der Waals surface area contributed by atoms with Crippen molar-refractivity contribution in [3.63, 3.8) is 0 Å². The predicted molar refractivity (Wildman–Crippen MR) is 112 cm³/mol. The molecule has 0 saturated carbocycles. The van der Waals surface area contributed by atoms with Crippen molar-refractivity contribution < 1.29 is 28.6 Å². The molecule has 8 heteroatoms. The third kappa shape index (κ3) is 6.40. The molecule has 0 spiro atoms. The van der Waals surface area contributed by atoms with Crippen molar-refractivity contribution in [2.75, 3.05) is 11.9 Å². The smallest absolute Gasteiger partial charge is 0.322 e. The van der Waals surface area contributed by atoms with Crippen LogP contribution in [0.3, 0.4) is 0 Å². The van der Waals surface area contributed by atoms with Crippen LogP contribution in [0.25, 0.3) is 0 Å². The second kappa shape index (κ2) is 10.0. The van der Waals surface area contributed by atoms with Gasteiger partial charge < -0.3 is 20.5 Å². The molecule has 3 rings (SSSR count). The molecule has 0 heterocycles. The second-order valence-electron chi connectivity index (χ2n) is 6.55. The molecular weight excluding hydrogens is 403 g/mol. The summed E-state index contributed by atoms with van der Waals surface area (Å²) < 4.78 is 18.6. The quantitative estimate of drug-likeness (QED) is 0.516. The maximum atomic E-state index is 13.0. The summed E-state index contributed by atoms with van der Waals surface area (Å²) in [5.74, 6) is -1.86. The van der Waals surface area contributed by atoms with Gasteiger partial charge in [0.15, 0.2) is 0 Å². The predicted octanol–water partition coefficient (Wildman–Crippen LogP) is 3.47. The monoisotopic (exact) mass is 422 g/mol. The number of anilines is 1. The number of ether oxygens (including phenoxy) is 1. The lowest BCUT2D eigenvalue weighted by Gasteiger charge is -2.09. The van der Waals surface area contributed by atoms with E-state index in [2.05, 4.69) is 10.6 Å². The topological polar surface area (TPSA) is 105 Å². The summed E-state index contributed by atoms with van der Waals surface area (Å²) in [6.07, 6.45) is 0. The van der Waals surface area contributed by atoms with E-state index in [0.29, 0.717) is 17.0 Å². The molecule has 0 atom stereocenters. The van der Waals surface area contributed by atoms with Crippen LogP contribution in [-0.4, -0.2) is 29.4 Å². The third-order valence-corrected chi connectivity index (χ3v) is 4.22. The molecule has 0 bridgehead atoms. The Morgan fingerprint density at radius 3 is 2.26 bits per heavy atom. The molecule has 0 aliphatic rings. The van der Waals surface area contributed by atoms with E-state index in [0.717, 1.165) is 5.56 Å². The Bertz CT molecular complexity index is 1080. The van der Waals surface area contributed by atoms with Crippen LogP contribution in [0.1, 0.15) is 26.3 Å². The molecule has 3 aromatic carbocycles. The molecule has 7 nitrogen and oxygen atoms in total. The number of benzene rings is 3. The summed E-state index contributed by atoms with van der Waals surface area (Å²) in [7, 11) is 0. The first-order valence-corrected chi connectivity index (χ1v) is 9.29. The zero-order chi connectivity index (χ0) is 22.2. The Morgan fingerprint density at radius 2 is 1.58 bits per heavy atom. The Labute approximate surface area is 177 Å². The van der Waals surface area contributed by atoms with E-state index in [9.17, 15) is 18.8 Å². The fourth-order valence-corrected chi connectivity index (χ4v) is 2.64. The van der Waals surface area contributed by atoms with E-state index in [4.69, 9.17) is 9.84 Å². The number of halogens is 1. The maximum Gasteiger partial charge on any atom is 0.322 e. The number of hydrogen-bond acceptors (Lipinski definition) is 4. The van der Waals surface area contributed by atoms with E-state index in [1.165, 1.54) is 24.3 Å². The van der Waals surface area contributed by atoms with Crippen LogP contribution in [0.15, 0.2) is 72.8 Å². The van der Waals surface area contributed by atoms with E-state index < -0.39 is 18.4 Å². The molecule has 0 saturated heterocycles. The average Bonchev–Trinajstić information content (AvgIpc) is 2.77. The molecule has 0 radical (unpaired) electrons. The van der Waals surface area contributed by atoms with E-state index >= 15 is 0 Å². The molecule has 31 heavy (non-hydrogen) atoms. The summed E-state index contributed by atoms with van der Waals surface area (Å²) in [4.78, 5) is 34.9. The molecule has 0 fully saturated rings. The van der Waals surface area contributed by atoms with Gasteiger partial charge in [-0.05, 0) is 60.2 Å². The summed E-state index contributed by atoms with van der Waals surface area (Å²) in [6.45, 7) is -0.242. The van der Waals surface area contributed by atoms with Crippen molar-refractivity contribution >= 4 is 23.5 Å². The molecule has 2 amide bonds. The highest BCUT2D eigenvalue weighted by atomic mass is 19.1. The van der Waals surface area contributed by atoms with Gasteiger partial charge in [-0.25, -0.2) is 4.39 Å². The van der Waals surface area contributed by atoms with Crippen molar-refractivity contribution in [2.24, 2.45) is 0 Å². The van der Waals surface area contributed by atoms with Crippen LogP contribution in [0, 0.1) is 5.82 Å². The Kier molecular flexibility index (Phi) is 6.95. The minimum atomic E-state index is -1.14. The van der Waals surface area contributed by atoms with E-state index in [1.807, 2.05) is 0 Å². The molecular formula is C23H19FN2O5. The first kappa shape index (κ1) is 21.5. The number of aliphatic carboxylic acids is 1. The number of rotatable bonds is 8. The van der Waals surface area contributed by atoms with Crippen LogP contribution in [-0.2, 0) is 11.4 Å². The number of nitrogens with one attached hydrogen (secondary N) is 2. The maximum absolute atomic E-state index is 13.0. The summed E-state index contributed by atoms with van der Waals surface area (Å²) in [5, 5.41) is 13.6. The minimum absolute atomic E-state index is 0.233. The Hall–Kier alpha value is -4.20. The van der Waals surface area contributed by atoms with Crippen LogP contribution in [0.4, 0.5) is 10.1 Å². The van der Waals surface area contributed by atoms with Gasteiger partial charge in [-0.2, -0.15) is 0 Å². The fraction of sp³-hybridized carbons (Fsp3) is 0.0870. The number of amides is 2. The molecule has 0 aliphatic heterocycles. The molecule has 3 N–H and O–H groups in total. The summed E-state index contributed by atoms with van der Waals surface area (Å²) in [6, 6.07) is 18.6. The van der Waals surface area contributed by atoms with Crippen LogP contribution >= 0.6 is 0 Å². The molecule has 0 unspecified atom stereocenters. The lowest BCUT2D eigenvalue weighted by Crippen LogP contribution is -2.29. The van der Waals surface area contributed by atoms with E-state index in [-0.39, 0.29) is 23.9 Å². The SMILES string of the molecule is O=C(O)CNC(=O)c1ccc(NC(=O)c2cccc(OCc3ccc(F)cc3)c2)cc1. The second-order valence-corrected chi connectivity index (χ2v) is 6.55. The standard InChI is InChI=1S/C23H19FN2O5/c24-18-8-4-15(5-9-18)14-31-20-3-1-2-17(12-20)23(30)26-19-10-6-16(7-11-19)22(29)25-13-21(27)28/h1-12H,13-14H2,(H,25,29)(H,26,30)(H,27,28). The normalized spacial score (nSPS) is 10.2. The third-order valence-electron chi connectivity index (χ3n) is 4.22.